The summed E-state index contributed by atoms with van der Waals surface area (Å²) in [5.74, 6) is 0.305. The maximum atomic E-state index is 12.5. The third kappa shape index (κ3) is 2.14. The van der Waals surface area contributed by atoms with E-state index in [0.717, 1.165) is 45.2 Å². The van der Waals surface area contributed by atoms with Crippen LogP contribution in [0.3, 0.4) is 0 Å². The molecule has 0 spiro atoms. The van der Waals surface area contributed by atoms with Crippen LogP contribution in [-0.2, 0) is 4.79 Å². The fraction of sp³-hybridized carbons (Fsp3) is 0.769. The average molecular weight is 222 g/mol. The van der Waals surface area contributed by atoms with E-state index in [4.69, 9.17) is 5.73 Å². The van der Waals surface area contributed by atoms with Crippen LogP contribution in [-0.4, -0.2) is 30.4 Å². The lowest BCUT2D eigenvalue weighted by Gasteiger charge is -2.39. The van der Waals surface area contributed by atoms with E-state index in [0.29, 0.717) is 12.5 Å². The molecule has 0 unspecified atom stereocenters. The first-order valence-electron chi connectivity index (χ1n) is 6.43. The van der Waals surface area contributed by atoms with E-state index < -0.39 is 0 Å². The first kappa shape index (κ1) is 11.6. The quantitative estimate of drug-likeness (QED) is 0.723. The molecule has 1 aliphatic carbocycles. The summed E-state index contributed by atoms with van der Waals surface area (Å²) in [5, 5.41) is 0. The SMILES string of the molecule is NCC1(C(=O)N2CC=CCC2)CCCCC1. The molecule has 1 amide bonds. The predicted octanol–water partition coefficient (Wildman–Crippen LogP) is 1.68. The van der Waals surface area contributed by atoms with Crippen LogP contribution in [0.2, 0.25) is 0 Å². The van der Waals surface area contributed by atoms with Crippen molar-refractivity contribution in [1.29, 1.82) is 0 Å². The molecule has 2 rings (SSSR count). The molecular weight excluding hydrogens is 200 g/mol. The van der Waals surface area contributed by atoms with E-state index in [1.165, 1.54) is 6.42 Å². The second-order valence-electron chi connectivity index (χ2n) is 5.06. The van der Waals surface area contributed by atoms with Crippen molar-refractivity contribution in [3.8, 4) is 0 Å². The Bertz CT molecular complexity index is 280. The molecule has 16 heavy (non-hydrogen) atoms. The molecule has 2 aliphatic rings. The zero-order valence-corrected chi connectivity index (χ0v) is 9.95. The van der Waals surface area contributed by atoms with Crippen molar-refractivity contribution >= 4 is 5.91 Å². The van der Waals surface area contributed by atoms with E-state index in [1.54, 1.807) is 0 Å². The molecular formula is C13H22N2O. The monoisotopic (exact) mass is 222 g/mol. The Morgan fingerprint density at radius 3 is 2.56 bits per heavy atom. The van der Waals surface area contributed by atoms with Crippen LogP contribution in [0.5, 0.6) is 0 Å². The van der Waals surface area contributed by atoms with Gasteiger partial charge in [-0.3, -0.25) is 4.79 Å². The number of nitrogens with zero attached hydrogens (tertiary/aromatic N) is 1. The van der Waals surface area contributed by atoms with Crippen molar-refractivity contribution in [3.63, 3.8) is 0 Å². The van der Waals surface area contributed by atoms with Crippen molar-refractivity contribution < 1.29 is 4.79 Å². The lowest BCUT2D eigenvalue weighted by molar-refractivity contribution is -0.143. The average Bonchev–Trinajstić information content (AvgIpc) is 2.39. The van der Waals surface area contributed by atoms with Gasteiger partial charge in [-0.1, -0.05) is 31.4 Å². The zero-order valence-electron chi connectivity index (χ0n) is 9.95. The van der Waals surface area contributed by atoms with Gasteiger partial charge in [0.1, 0.15) is 0 Å². The smallest absolute Gasteiger partial charge is 0.230 e. The van der Waals surface area contributed by atoms with Gasteiger partial charge in [-0.05, 0) is 19.3 Å². The van der Waals surface area contributed by atoms with Gasteiger partial charge in [-0.2, -0.15) is 0 Å². The molecule has 2 N–H and O–H groups in total. The van der Waals surface area contributed by atoms with Gasteiger partial charge in [0.15, 0.2) is 0 Å². The number of carbonyl (C=O) groups is 1. The summed E-state index contributed by atoms with van der Waals surface area (Å²) in [6, 6.07) is 0. The van der Waals surface area contributed by atoms with Crippen LogP contribution in [0, 0.1) is 5.41 Å². The molecule has 0 bridgehead atoms. The van der Waals surface area contributed by atoms with Gasteiger partial charge in [-0.25, -0.2) is 0 Å². The largest absolute Gasteiger partial charge is 0.338 e. The third-order valence-electron chi connectivity index (χ3n) is 4.00. The highest BCUT2D eigenvalue weighted by Crippen LogP contribution is 2.37. The molecule has 0 aromatic carbocycles. The second kappa shape index (κ2) is 5.00. The maximum Gasteiger partial charge on any atom is 0.230 e. The van der Waals surface area contributed by atoms with Crippen LogP contribution in [0.15, 0.2) is 12.2 Å². The lowest BCUT2D eigenvalue weighted by atomic mass is 9.73. The van der Waals surface area contributed by atoms with Gasteiger partial charge in [0.05, 0.1) is 5.41 Å². The van der Waals surface area contributed by atoms with Gasteiger partial charge in [0, 0.05) is 19.6 Å². The number of rotatable bonds is 2. The molecule has 3 heteroatoms. The summed E-state index contributed by atoms with van der Waals surface area (Å²) in [7, 11) is 0. The van der Waals surface area contributed by atoms with Gasteiger partial charge in [0.25, 0.3) is 0 Å². The highest BCUT2D eigenvalue weighted by molar-refractivity contribution is 5.83. The highest BCUT2D eigenvalue weighted by Gasteiger charge is 2.40. The minimum absolute atomic E-state index is 0.233. The Balaban J connectivity index is 2.07. The summed E-state index contributed by atoms with van der Waals surface area (Å²) in [4.78, 5) is 14.5. The normalized spacial score (nSPS) is 24.4. The first-order valence-corrected chi connectivity index (χ1v) is 6.43. The highest BCUT2D eigenvalue weighted by atomic mass is 16.2. The fourth-order valence-electron chi connectivity index (χ4n) is 2.90. The molecule has 0 aromatic rings. The molecule has 0 saturated heterocycles. The Kier molecular flexibility index (Phi) is 3.64. The standard InChI is InChI=1S/C13H22N2O/c14-11-13(7-3-1-4-8-13)12(16)15-9-5-2-6-10-15/h2,5H,1,3-4,6-11,14H2. The molecule has 0 radical (unpaired) electrons. The Hall–Kier alpha value is -0.830. The van der Waals surface area contributed by atoms with E-state index >= 15 is 0 Å². The van der Waals surface area contributed by atoms with E-state index in [9.17, 15) is 4.79 Å². The van der Waals surface area contributed by atoms with Gasteiger partial charge in [0.2, 0.25) is 5.91 Å². The number of hydrogen-bond acceptors (Lipinski definition) is 2. The topological polar surface area (TPSA) is 46.3 Å². The number of hydrogen-bond donors (Lipinski definition) is 1. The van der Waals surface area contributed by atoms with E-state index in [2.05, 4.69) is 12.2 Å². The van der Waals surface area contributed by atoms with Crippen LogP contribution < -0.4 is 5.73 Å². The Morgan fingerprint density at radius 2 is 2.00 bits per heavy atom. The number of nitrogens with two attached hydrogens (primary N) is 1. The molecule has 3 nitrogen and oxygen atoms in total. The van der Waals surface area contributed by atoms with Crippen molar-refractivity contribution in [3.05, 3.63) is 12.2 Å². The zero-order chi connectivity index (χ0) is 11.4. The van der Waals surface area contributed by atoms with Crippen LogP contribution >= 0.6 is 0 Å². The molecule has 0 aromatic heterocycles. The summed E-state index contributed by atoms with van der Waals surface area (Å²) in [6.07, 6.45) is 10.8. The van der Waals surface area contributed by atoms with Crippen molar-refractivity contribution in [2.75, 3.05) is 19.6 Å². The summed E-state index contributed by atoms with van der Waals surface area (Å²) in [6.45, 7) is 2.17. The fourth-order valence-corrected chi connectivity index (χ4v) is 2.90. The first-order chi connectivity index (χ1) is 7.78. The number of carbonyl (C=O) groups excluding carboxylic acids is 1. The summed E-state index contributed by atoms with van der Waals surface area (Å²) in [5.41, 5.74) is 5.65. The minimum atomic E-state index is -0.233. The second-order valence-corrected chi connectivity index (χ2v) is 5.06. The minimum Gasteiger partial charge on any atom is -0.338 e. The van der Waals surface area contributed by atoms with Crippen molar-refractivity contribution in [1.82, 2.24) is 4.90 Å². The predicted molar refractivity (Wildman–Crippen MR) is 64.9 cm³/mol. The molecule has 1 aliphatic heterocycles. The van der Waals surface area contributed by atoms with Crippen LogP contribution in [0.1, 0.15) is 38.5 Å². The van der Waals surface area contributed by atoms with Crippen molar-refractivity contribution in [2.45, 2.75) is 38.5 Å². The van der Waals surface area contributed by atoms with Gasteiger partial charge >= 0.3 is 0 Å². The Labute approximate surface area is 97.7 Å². The van der Waals surface area contributed by atoms with E-state index in [-0.39, 0.29) is 5.41 Å². The summed E-state index contributed by atoms with van der Waals surface area (Å²) >= 11 is 0. The van der Waals surface area contributed by atoms with Crippen LogP contribution in [0.25, 0.3) is 0 Å². The summed E-state index contributed by atoms with van der Waals surface area (Å²) < 4.78 is 0. The molecule has 1 saturated carbocycles. The third-order valence-corrected chi connectivity index (χ3v) is 4.00. The Morgan fingerprint density at radius 1 is 1.25 bits per heavy atom. The molecule has 0 atom stereocenters. The van der Waals surface area contributed by atoms with Gasteiger partial charge in [-0.15, -0.1) is 0 Å². The van der Waals surface area contributed by atoms with E-state index in [1.807, 2.05) is 4.90 Å². The lowest BCUT2D eigenvalue weighted by Crippen LogP contribution is -2.50. The van der Waals surface area contributed by atoms with Crippen LogP contribution in [0.4, 0.5) is 0 Å². The van der Waals surface area contributed by atoms with Gasteiger partial charge < -0.3 is 10.6 Å². The number of amides is 1. The van der Waals surface area contributed by atoms with Crippen molar-refractivity contribution in [2.24, 2.45) is 11.1 Å². The molecule has 1 heterocycles. The maximum absolute atomic E-state index is 12.5. The molecule has 90 valence electrons. The molecule has 1 fully saturated rings.